The molecule has 2 amide bonds. The first-order chi connectivity index (χ1) is 8.60. The van der Waals surface area contributed by atoms with E-state index in [0.717, 1.165) is 0 Å². The first-order valence-corrected chi connectivity index (χ1v) is 5.32. The summed E-state index contributed by atoms with van der Waals surface area (Å²) in [5, 5.41) is 11.3. The van der Waals surface area contributed by atoms with E-state index in [9.17, 15) is 9.59 Å². The van der Waals surface area contributed by atoms with Crippen LogP contribution in [-0.2, 0) is 9.59 Å². The number of para-hydroxylation sites is 1. The number of nitriles is 1. The van der Waals surface area contributed by atoms with Crippen molar-refractivity contribution in [3.05, 3.63) is 29.8 Å². The zero-order valence-electron chi connectivity index (χ0n) is 10.0. The maximum Gasteiger partial charge on any atom is 0.246 e. The Morgan fingerprint density at radius 1 is 1.44 bits per heavy atom. The number of amides is 2. The van der Waals surface area contributed by atoms with E-state index in [2.05, 4.69) is 5.32 Å². The van der Waals surface area contributed by atoms with Crippen LogP contribution in [0.4, 0.5) is 5.69 Å². The molecule has 0 aliphatic rings. The summed E-state index contributed by atoms with van der Waals surface area (Å²) in [4.78, 5) is 24.1. The lowest BCUT2D eigenvalue weighted by molar-refractivity contribution is -0.124. The molecule has 3 N–H and O–H groups in total. The van der Waals surface area contributed by atoms with Gasteiger partial charge in [-0.25, -0.2) is 0 Å². The Hall–Kier alpha value is -2.39. The Bertz CT molecular complexity index is 493. The highest BCUT2D eigenvalue weighted by Crippen LogP contribution is 2.17. The van der Waals surface area contributed by atoms with Gasteiger partial charge in [-0.1, -0.05) is 12.1 Å². The Labute approximate surface area is 105 Å². The minimum absolute atomic E-state index is 0.147. The molecule has 0 spiro atoms. The van der Waals surface area contributed by atoms with Crippen LogP contribution >= 0.6 is 0 Å². The molecule has 0 radical (unpaired) electrons. The van der Waals surface area contributed by atoms with E-state index in [1.807, 2.05) is 6.07 Å². The second kappa shape index (κ2) is 6.37. The van der Waals surface area contributed by atoms with Gasteiger partial charge in [-0.2, -0.15) is 5.26 Å². The van der Waals surface area contributed by atoms with Gasteiger partial charge < -0.3 is 16.0 Å². The van der Waals surface area contributed by atoms with Gasteiger partial charge in [0.05, 0.1) is 24.3 Å². The van der Waals surface area contributed by atoms with Crippen molar-refractivity contribution >= 4 is 17.5 Å². The van der Waals surface area contributed by atoms with Crippen LogP contribution in [-0.4, -0.2) is 32.0 Å². The van der Waals surface area contributed by atoms with Crippen molar-refractivity contribution in [3.63, 3.8) is 0 Å². The zero-order chi connectivity index (χ0) is 13.5. The SMILES string of the molecule is CN(C(=O)CNC(=O)CN)c1ccccc1C#N. The normalized spacial score (nSPS) is 9.39. The standard InChI is InChI=1S/C12H14N4O2/c1-16(12(18)8-15-11(17)7-14)10-5-3-2-4-9(10)6-13/h2-5H,7-8,14H2,1H3,(H,15,17). The predicted octanol–water partition coefficient (Wildman–Crippen LogP) is -0.404. The molecule has 0 aliphatic heterocycles. The minimum Gasteiger partial charge on any atom is -0.346 e. The van der Waals surface area contributed by atoms with E-state index < -0.39 is 5.91 Å². The molecule has 0 unspecified atom stereocenters. The third kappa shape index (κ3) is 3.30. The fourth-order valence-corrected chi connectivity index (χ4v) is 1.36. The summed E-state index contributed by atoms with van der Waals surface area (Å²) >= 11 is 0. The molecule has 0 saturated heterocycles. The fourth-order valence-electron chi connectivity index (χ4n) is 1.36. The average molecular weight is 246 g/mol. The zero-order valence-corrected chi connectivity index (χ0v) is 10.0. The Morgan fingerprint density at radius 3 is 2.72 bits per heavy atom. The average Bonchev–Trinajstić information content (AvgIpc) is 2.43. The highest BCUT2D eigenvalue weighted by Gasteiger charge is 2.14. The van der Waals surface area contributed by atoms with Crippen molar-refractivity contribution in [1.29, 1.82) is 5.26 Å². The van der Waals surface area contributed by atoms with Crippen LogP contribution in [0.3, 0.4) is 0 Å². The van der Waals surface area contributed by atoms with E-state index in [1.165, 1.54) is 4.90 Å². The molecule has 0 heterocycles. The number of hydrogen-bond acceptors (Lipinski definition) is 4. The number of nitrogens with one attached hydrogen (secondary N) is 1. The number of rotatable bonds is 4. The summed E-state index contributed by atoms with van der Waals surface area (Å²) in [6.07, 6.45) is 0. The Kier molecular flexibility index (Phi) is 4.84. The van der Waals surface area contributed by atoms with Crippen molar-refractivity contribution in [2.24, 2.45) is 5.73 Å². The molecule has 1 aromatic rings. The number of likely N-dealkylation sites (N-methyl/N-ethyl adjacent to an activating group) is 1. The molecule has 6 heteroatoms. The number of hydrogen-bond donors (Lipinski definition) is 2. The summed E-state index contributed by atoms with van der Waals surface area (Å²) in [6, 6.07) is 8.75. The quantitative estimate of drug-likeness (QED) is 0.754. The predicted molar refractivity (Wildman–Crippen MR) is 66.6 cm³/mol. The van der Waals surface area contributed by atoms with Crippen molar-refractivity contribution in [3.8, 4) is 6.07 Å². The van der Waals surface area contributed by atoms with Crippen LogP contribution < -0.4 is 16.0 Å². The molecule has 0 aromatic heterocycles. The third-order valence-electron chi connectivity index (χ3n) is 2.38. The van der Waals surface area contributed by atoms with Gasteiger partial charge in [0.25, 0.3) is 0 Å². The van der Waals surface area contributed by atoms with Crippen molar-refractivity contribution in [1.82, 2.24) is 5.32 Å². The number of benzene rings is 1. The number of anilines is 1. The van der Waals surface area contributed by atoms with Crippen LogP contribution in [0, 0.1) is 11.3 Å². The molecule has 0 bridgehead atoms. The van der Waals surface area contributed by atoms with Gasteiger partial charge in [0.2, 0.25) is 11.8 Å². The lowest BCUT2D eigenvalue weighted by Crippen LogP contribution is -2.40. The molecule has 1 rings (SSSR count). The third-order valence-corrected chi connectivity index (χ3v) is 2.38. The van der Waals surface area contributed by atoms with Gasteiger partial charge in [0.1, 0.15) is 6.07 Å². The van der Waals surface area contributed by atoms with Gasteiger partial charge in [0, 0.05) is 7.05 Å². The molecule has 6 nitrogen and oxygen atoms in total. The fraction of sp³-hybridized carbons (Fsp3) is 0.250. The smallest absolute Gasteiger partial charge is 0.246 e. The van der Waals surface area contributed by atoms with Gasteiger partial charge >= 0.3 is 0 Å². The van der Waals surface area contributed by atoms with Crippen molar-refractivity contribution in [2.45, 2.75) is 0 Å². The Balaban J connectivity index is 2.75. The van der Waals surface area contributed by atoms with E-state index in [-0.39, 0.29) is 19.0 Å². The summed E-state index contributed by atoms with van der Waals surface area (Å²) in [6.45, 7) is -0.307. The molecule has 0 saturated carbocycles. The molecular formula is C12H14N4O2. The molecule has 1 aromatic carbocycles. The second-order valence-corrected chi connectivity index (χ2v) is 3.56. The van der Waals surface area contributed by atoms with Crippen LogP contribution in [0.1, 0.15) is 5.56 Å². The van der Waals surface area contributed by atoms with Gasteiger partial charge in [-0.05, 0) is 12.1 Å². The molecule has 0 atom stereocenters. The highest BCUT2D eigenvalue weighted by atomic mass is 16.2. The van der Waals surface area contributed by atoms with Crippen LogP contribution in [0.5, 0.6) is 0 Å². The van der Waals surface area contributed by atoms with Crippen LogP contribution in [0.15, 0.2) is 24.3 Å². The van der Waals surface area contributed by atoms with Crippen LogP contribution in [0.25, 0.3) is 0 Å². The van der Waals surface area contributed by atoms with Crippen molar-refractivity contribution in [2.75, 3.05) is 25.0 Å². The molecule has 0 aliphatic carbocycles. The molecule has 0 fully saturated rings. The summed E-state index contributed by atoms with van der Waals surface area (Å²) in [5.74, 6) is -0.718. The van der Waals surface area contributed by atoms with E-state index in [1.54, 1.807) is 31.3 Å². The Morgan fingerprint density at radius 2 is 2.11 bits per heavy atom. The first-order valence-electron chi connectivity index (χ1n) is 5.32. The van der Waals surface area contributed by atoms with Gasteiger partial charge in [-0.3, -0.25) is 9.59 Å². The maximum absolute atomic E-state index is 11.8. The monoisotopic (exact) mass is 246 g/mol. The maximum atomic E-state index is 11.8. The van der Waals surface area contributed by atoms with Crippen molar-refractivity contribution < 1.29 is 9.59 Å². The minimum atomic E-state index is -0.398. The molecular weight excluding hydrogens is 232 g/mol. The van der Waals surface area contributed by atoms with Gasteiger partial charge in [0.15, 0.2) is 0 Å². The highest BCUT2D eigenvalue weighted by molar-refractivity contribution is 5.97. The van der Waals surface area contributed by atoms with Gasteiger partial charge in [-0.15, -0.1) is 0 Å². The number of nitrogens with two attached hydrogens (primary N) is 1. The van der Waals surface area contributed by atoms with E-state index in [4.69, 9.17) is 11.0 Å². The number of carbonyl (C=O) groups excluding carboxylic acids is 2. The van der Waals surface area contributed by atoms with E-state index >= 15 is 0 Å². The largest absolute Gasteiger partial charge is 0.346 e. The number of carbonyl (C=O) groups is 2. The lowest BCUT2D eigenvalue weighted by atomic mass is 10.2. The number of nitrogens with zero attached hydrogens (tertiary/aromatic N) is 2. The first kappa shape index (κ1) is 13.7. The van der Waals surface area contributed by atoms with Crippen LogP contribution in [0.2, 0.25) is 0 Å². The topological polar surface area (TPSA) is 99.2 Å². The molecule has 18 heavy (non-hydrogen) atoms. The summed E-state index contributed by atoms with van der Waals surface area (Å²) < 4.78 is 0. The summed E-state index contributed by atoms with van der Waals surface area (Å²) in [5.41, 5.74) is 6.02. The van der Waals surface area contributed by atoms with E-state index in [0.29, 0.717) is 11.3 Å². The lowest BCUT2D eigenvalue weighted by Gasteiger charge is -2.18. The summed E-state index contributed by atoms with van der Waals surface area (Å²) in [7, 11) is 1.55. The molecule has 94 valence electrons. The second-order valence-electron chi connectivity index (χ2n) is 3.56.